The van der Waals surface area contributed by atoms with Crippen LogP contribution < -0.4 is 20.4 Å². The Kier molecular flexibility index (Phi) is 10.6. The number of rotatable bonds is 12. The number of alkyl halides is 3. The summed E-state index contributed by atoms with van der Waals surface area (Å²) in [4.78, 5) is 35.7. The van der Waals surface area contributed by atoms with Gasteiger partial charge in [-0.25, -0.2) is 9.97 Å². The summed E-state index contributed by atoms with van der Waals surface area (Å²) in [5, 5.41) is 14.2. The van der Waals surface area contributed by atoms with Crippen LogP contribution in [0.5, 0.6) is 0 Å². The number of carbonyl (C=O) groups is 2. The first-order valence-electron chi connectivity index (χ1n) is 14.3. The molecule has 2 aromatic rings. The zero-order chi connectivity index (χ0) is 31.9. The Bertz CT molecular complexity index is 1470. The first-order valence-corrected chi connectivity index (χ1v) is 15.9. The molecule has 0 radical (unpaired) electrons. The molecule has 0 saturated carbocycles. The molecule has 0 spiro atoms. The number of amides is 2. The van der Waals surface area contributed by atoms with Crippen LogP contribution in [0.2, 0.25) is 0 Å². The van der Waals surface area contributed by atoms with E-state index in [2.05, 4.69) is 20.6 Å². The number of anilines is 2. The SMILES string of the molecule is N#Cc1ccc(CCNC(=O)[C@@H]2CCN2c2cc(N3CCC(CCC(=O)NCCS(=O)(=O)O)CC3)nc(C(F)(F)F)n2)cc1. The third-order valence-electron chi connectivity index (χ3n) is 7.77. The fraction of sp³-hybridized carbons (Fsp3) is 0.536. The molecule has 2 fully saturated rings. The first-order chi connectivity index (χ1) is 20.8. The third-order valence-corrected chi connectivity index (χ3v) is 8.49. The van der Waals surface area contributed by atoms with E-state index < -0.39 is 33.9 Å². The molecule has 3 heterocycles. The second-order valence-corrected chi connectivity index (χ2v) is 12.4. The van der Waals surface area contributed by atoms with E-state index in [1.165, 1.54) is 6.07 Å². The van der Waals surface area contributed by atoms with Gasteiger partial charge in [-0.1, -0.05) is 12.1 Å². The summed E-state index contributed by atoms with van der Waals surface area (Å²) >= 11 is 0. The largest absolute Gasteiger partial charge is 0.451 e. The Morgan fingerprint density at radius 3 is 2.30 bits per heavy atom. The molecule has 0 bridgehead atoms. The summed E-state index contributed by atoms with van der Waals surface area (Å²) in [5.74, 6) is -2.19. The number of nitriles is 1. The van der Waals surface area contributed by atoms with E-state index in [0.29, 0.717) is 63.8 Å². The maximum Gasteiger partial charge on any atom is 0.451 e. The molecule has 2 saturated heterocycles. The molecule has 1 aromatic carbocycles. The fourth-order valence-corrected chi connectivity index (χ4v) is 5.54. The molecule has 2 aliphatic rings. The van der Waals surface area contributed by atoms with E-state index in [1.807, 2.05) is 6.07 Å². The number of aromatic nitrogens is 2. The normalized spacial score (nSPS) is 17.5. The van der Waals surface area contributed by atoms with E-state index in [9.17, 15) is 31.2 Å². The first kappa shape index (κ1) is 32.9. The molecular formula is C28H34F3N7O5S. The van der Waals surface area contributed by atoms with E-state index in [0.717, 1.165) is 5.56 Å². The molecule has 0 unspecified atom stereocenters. The Morgan fingerprint density at radius 1 is 1.02 bits per heavy atom. The summed E-state index contributed by atoms with van der Waals surface area (Å²) in [6.45, 7) is 1.35. The van der Waals surface area contributed by atoms with Gasteiger partial charge in [0.1, 0.15) is 17.7 Å². The van der Waals surface area contributed by atoms with Crippen molar-refractivity contribution < 1.29 is 35.7 Å². The molecule has 12 nitrogen and oxygen atoms in total. The summed E-state index contributed by atoms with van der Waals surface area (Å²) in [7, 11) is -4.16. The van der Waals surface area contributed by atoms with Crippen LogP contribution in [0.25, 0.3) is 0 Å². The fourth-order valence-electron chi connectivity index (χ4n) is 5.18. The van der Waals surface area contributed by atoms with Crippen molar-refractivity contribution in [1.29, 1.82) is 5.26 Å². The third kappa shape index (κ3) is 9.26. The molecule has 3 N–H and O–H groups in total. The van der Waals surface area contributed by atoms with Gasteiger partial charge < -0.3 is 20.4 Å². The zero-order valence-electron chi connectivity index (χ0n) is 23.9. The van der Waals surface area contributed by atoms with Crippen LogP contribution in [0.3, 0.4) is 0 Å². The van der Waals surface area contributed by atoms with Gasteiger partial charge in [0.2, 0.25) is 17.6 Å². The lowest BCUT2D eigenvalue weighted by atomic mass is 9.92. The second-order valence-electron chi connectivity index (χ2n) is 10.9. The Hall–Kier alpha value is -3.97. The van der Waals surface area contributed by atoms with Crippen molar-refractivity contribution in [2.45, 2.75) is 50.7 Å². The van der Waals surface area contributed by atoms with Gasteiger partial charge in [-0.3, -0.25) is 14.1 Å². The van der Waals surface area contributed by atoms with Gasteiger partial charge in [0, 0.05) is 45.2 Å². The molecule has 1 atom stereocenters. The van der Waals surface area contributed by atoms with Crippen LogP contribution >= 0.6 is 0 Å². The molecule has 1 aromatic heterocycles. The lowest BCUT2D eigenvalue weighted by Crippen LogP contribution is -2.57. The van der Waals surface area contributed by atoms with Gasteiger partial charge in [0.25, 0.3) is 10.1 Å². The number of carbonyl (C=O) groups excluding carboxylic acids is 2. The number of hydrogen-bond acceptors (Lipinski definition) is 9. The summed E-state index contributed by atoms with van der Waals surface area (Å²) in [6.07, 6.45) is -1.84. The van der Waals surface area contributed by atoms with Crippen LogP contribution in [0.4, 0.5) is 24.8 Å². The minimum atomic E-state index is -4.78. The number of nitrogens with zero attached hydrogens (tertiary/aromatic N) is 5. The Labute approximate surface area is 253 Å². The number of nitrogens with one attached hydrogen (secondary N) is 2. The van der Waals surface area contributed by atoms with Crippen molar-refractivity contribution in [1.82, 2.24) is 20.6 Å². The average molecular weight is 638 g/mol. The van der Waals surface area contributed by atoms with Gasteiger partial charge in [0.05, 0.1) is 17.4 Å². The van der Waals surface area contributed by atoms with Gasteiger partial charge in [-0.2, -0.15) is 26.9 Å². The molecule has 0 aliphatic carbocycles. The predicted octanol–water partition coefficient (Wildman–Crippen LogP) is 2.31. The van der Waals surface area contributed by atoms with E-state index in [-0.39, 0.29) is 42.3 Å². The van der Waals surface area contributed by atoms with Crippen LogP contribution in [0.1, 0.15) is 49.1 Å². The van der Waals surface area contributed by atoms with Gasteiger partial charge in [0.15, 0.2) is 0 Å². The number of benzene rings is 1. The van der Waals surface area contributed by atoms with Crippen molar-refractivity contribution in [2.75, 3.05) is 48.3 Å². The molecule has 16 heteroatoms. The molecule has 2 aliphatic heterocycles. The van der Waals surface area contributed by atoms with Gasteiger partial charge >= 0.3 is 6.18 Å². The lowest BCUT2D eigenvalue weighted by molar-refractivity contribution is -0.144. The summed E-state index contributed by atoms with van der Waals surface area (Å²) in [6, 6.07) is 9.86. The maximum absolute atomic E-state index is 13.8. The standard InChI is InChI=1S/C28H34F3N7O5S/c29-28(30,31)27-35-23(37-13-8-20(9-14-37)5-6-25(39)33-12-16-44(41,42)43)17-24(36-27)38-15-10-22(38)26(40)34-11-7-19-1-3-21(18-32)4-2-19/h1-4,17,20,22H,5-16H2,(H,33,39)(H,34,40)(H,41,42,43)/t22-/m0/s1. The number of hydrogen-bond donors (Lipinski definition) is 3. The van der Waals surface area contributed by atoms with Crippen LogP contribution in [0.15, 0.2) is 30.3 Å². The molecular weight excluding hydrogens is 603 g/mol. The highest BCUT2D eigenvalue weighted by Gasteiger charge is 2.40. The number of piperidine rings is 1. The molecule has 4 rings (SSSR count). The highest BCUT2D eigenvalue weighted by molar-refractivity contribution is 7.85. The highest BCUT2D eigenvalue weighted by Crippen LogP contribution is 2.34. The Morgan fingerprint density at radius 2 is 1.70 bits per heavy atom. The average Bonchev–Trinajstić information content (AvgIpc) is 2.95. The van der Waals surface area contributed by atoms with Crippen molar-refractivity contribution >= 4 is 33.6 Å². The van der Waals surface area contributed by atoms with Crippen LogP contribution in [-0.4, -0.2) is 79.3 Å². The highest BCUT2D eigenvalue weighted by atomic mass is 32.2. The predicted molar refractivity (Wildman–Crippen MR) is 154 cm³/mol. The lowest BCUT2D eigenvalue weighted by Gasteiger charge is -2.41. The van der Waals surface area contributed by atoms with Crippen LogP contribution in [0, 0.1) is 17.2 Å². The topological polar surface area (TPSA) is 169 Å². The smallest absolute Gasteiger partial charge is 0.356 e. The van der Waals surface area contributed by atoms with Crippen LogP contribution in [-0.2, 0) is 32.3 Å². The maximum atomic E-state index is 13.8. The van der Waals surface area contributed by atoms with Crippen molar-refractivity contribution in [2.24, 2.45) is 5.92 Å². The monoisotopic (exact) mass is 637 g/mol. The van der Waals surface area contributed by atoms with Crippen molar-refractivity contribution in [3.8, 4) is 6.07 Å². The zero-order valence-corrected chi connectivity index (χ0v) is 24.7. The van der Waals surface area contributed by atoms with E-state index in [1.54, 1.807) is 34.1 Å². The van der Waals surface area contributed by atoms with Crippen molar-refractivity contribution in [3.63, 3.8) is 0 Å². The van der Waals surface area contributed by atoms with Crippen molar-refractivity contribution in [3.05, 3.63) is 47.3 Å². The van der Waals surface area contributed by atoms with Gasteiger partial charge in [-0.15, -0.1) is 0 Å². The van der Waals surface area contributed by atoms with Gasteiger partial charge in [-0.05, 0) is 55.7 Å². The minimum absolute atomic E-state index is 0.0319. The summed E-state index contributed by atoms with van der Waals surface area (Å²) < 4.78 is 71.6. The number of halogens is 3. The molecule has 44 heavy (non-hydrogen) atoms. The Balaban J connectivity index is 1.32. The summed E-state index contributed by atoms with van der Waals surface area (Å²) in [5.41, 5.74) is 1.47. The van der Waals surface area contributed by atoms with E-state index in [4.69, 9.17) is 9.81 Å². The quantitative estimate of drug-likeness (QED) is 0.294. The van der Waals surface area contributed by atoms with E-state index >= 15 is 0 Å². The molecule has 238 valence electrons. The minimum Gasteiger partial charge on any atom is -0.356 e. The molecule has 2 amide bonds. The second kappa shape index (κ2) is 14.2.